The molecule has 110 valence electrons. The summed E-state index contributed by atoms with van der Waals surface area (Å²) in [6, 6.07) is 11.5. The van der Waals surface area contributed by atoms with Crippen LogP contribution in [0.5, 0.6) is 11.5 Å². The van der Waals surface area contributed by atoms with Gasteiger partial charge in [0, 0.05) is 6.07 Å². The van der Waals surface area contributed by atoms with E-state index in [0.29, 0.717) is 22.7 Å². The maximum Gasteiger partial charge on any atom is 0.262 e. The average molecular weight is 289 g/mol. The third-order valence-corrected chi connectivity index (χ3v) is 2.89. The zero-order valence-corrected chi connectivity index (χ0v) is 11.9. The number of carbonyl (C=O) groups excluding carboxylic acids is 1. The van der Waals surface area contributed by atoms with Gasteiger partial charge in [-0.3, -0.25) is 4.79 Å². The van der Waals surface area contributed by atoms with Crippen LogP contribution in [0.3, 0.4) is 0 Å². The molecule has 0 bridgehead atoms. The van der Waals surface area contributed by atoms with Gasteiger partial charge in [0.25, 0.3) is 5.91 Å². The average Bonchev–Trinajstić information content (AvgIpc) is 2.49. The Bertz CT molecular complexity index is 643. The first-order chi connectivity index (χ1) is 10.1. The van der Waals surface area contributed by atoms with E-state index in [1.165, 1.54) is 13.2 Å². The van der Waals surface area contributed by atoms with Gasteiger partial charge in [0.15, 0.2) is 6.61 Å². The van der Waals surface area contributed by atoms with Crippen LogP contribution in [-0.2, 0) is 4.79 Å². The number of para-hydroxylation sites is 2. The number of anilines is 1. The molecule has 0 saturated carbocycles. The third-order valence-electron chi connectivity index (χ3n) is 2.89. The van der Waals surface area contributed by atoms with Crippen molar-refractivity contribution >= 4 is 11.6 Å². The van der Waals surface area contributed by atoms with Crippen LogP contribution in [0, 0.1) is 12.7 Å². The Morgan fingerprint density at radius 1 is 1.24 bits per heavy atom. The first-order valence-corrected chi connectivity index (χ1v) is 6.42. The van der Waals surface area contributed by atoms with Crippen molar-refractivity contribution in [3.63, 3.8) is 0 Å². The Labute approximate surface area is 122 Å². The molecular formula is C16H16FNO3. The van der Waals surface area contributed by atoms with E-state index in [4.69, 9.17) is 9.47 Å². The smallest absolute Gasteiger partial charge is 0.262 e. The van der Waals surface area contributed by atoms with Crippen molar-refractivity contribution in [3.8, 4) is 11.5 Å². The number of rotatable bonds is 5. The van der Waals surface area contributed by atoms with E-state index in [0.717, 1.165) is 0 Å². The van der Waals surface area contributed by atoms with E-state index in [1.54, 1.807) is 43.3 Å². The number of benzene rings is 2. The molecule has 2 aromatic carbocycles. The van der Waals surface area contributed by atoms with Crippen LogP contribution in [0.15, 0.2) is 42.5 Å². The molecule has 0 aliphatic heterocycles. The molecule has 2 rings (SSSR count). The molecule has 0 spiro atoms. The van der Waals surface area contributed by atoms with E-state index < -0.39 is 0 Å². The molecule has 0 atom stereocenters. The summed E-state index contributed by atoms with van der Waals surface area (Å²) >= 11 is 0. The standard InChI is InChI=1S/C16H16FNO3/c1-11-7-8-12(9-13(11)17)21-10-16(19)18-14-5-3-4-6-15(14)20-2/h3-9H,10H2,1-2H3,(H,18,19). The van der Waals surface area contributed by atoms with Crippen LogP contribution in [-0.4, -0.2) is 19.6 Å². The van der Waals surface area contributed by atoms with Crippen molar-refractivity contribution in [1.82, 2.24) is 0 Å². The van der Waals surface area contributed by atoms with Crippen LogP contribution in [0.25, 0.3) is 0 Å². The van der Waals surface area contributed by atoms with Gasteiger partial charge in [-0.15, -0.1) is 0 Å². The molecule has 0 aromatic heterocycles. The van der Waals surface area contributed by atoms with Gasteiger partial charge in [0.05, 0.1) is 12.8 Å². The monoisotopic (exact) mass is 289 g/mol. The highest BCUT2D eigenvalue weighted by Crippen LogP contribution is 2.23. The SMILES string of the molecule is COc1ccccc1NC(=O)COc1ccc(C)c(F)c1. The molecule has 1 amide bonds. The Morgan fingerprint density at radius 2 is 2.00 bits per heavy atom. The van der Waals surface area contributed by atoms with Gasteiger partial charge in [-0.25, -0.2) is 4.39 Å². The van der Waals surface area contributed by atoms with Gasteiger partial charge in [-0.1, -0.05) is 18.2 Å². The lowest BCUT2D eigenvalue weighted by molar-refractivity contribution is -0.118. The summed E-state index contributed by atoms with van der Waals surface area (Å²) in [5.41, 5.74) is 1.09. The lowest BCUT2D eigenvalue weighted by Gasteiger charge is -2.10. The molecule has 0 heterocycles. The van der Waals surface area contributed by atoms with Crippen molar-refractivity contribution < 1.29 is 18.7 Å². The van der Waals surface area contributed by atoms with Crippen LogP contribution in [0.2, 0.25) is 0 Å². The third kappa shape index (κ3) is 3.95. The fourth-order valence-corrected chi connectivity index (χ4v) is 1.75. The van der Waals surface area contributed by atoms with Crippen LogP contribution in [0.4, 0.5) is 10.1 Å². The minimum absolute atomic E-state index is 0.208. The summed E-state index contributed by atoms with van der Waals surface area (Å²) in [5.74, 6) is 0.165. The molecule has 0 saturated heterocycles. The van der Waals surface area contributed by atoms with E-state index in [1.807, 2.05) is 0 Å². The van der Waals surface area contributed by atoms with E-state index in [2.05, 4.69) is 5.32 Å². The molecule has 0 radical (unpaired) electrons. The second kappa shape index (κ2) is 6.74. The van der Waals surface area contributed by atoms with Gasteiger partial charge in [-0.05, 0) is 30.7 Å². The minimum Gasteiger partial charge on any atom is -0.495 e. The van der Waals surface area contributed by atoms with Gasteiger partial charge < -0.3 is 14.8 Å². The summed E-state index contributed by atoms with van der Waals surface area (Å²) in [7, 11) is 1.52. The summed E-state index contributed by atoms with van der Waals surface area (Å²) in [6.45, 7) is 1.45. The minimum atomic E-state index is -0.363. The first-order valence-electron chi connectivity index (χ1n) is 6.42. The lowest BCUT2D eigenvalue weighted by atomic mass is 10.2. The first kappa shape index (κ1) is 14.8. The lowest BCUT2D eigenvalue weighted by Crippen LogP contribution is -2.20. The molecule has 0 aliphatic rings. The molecule has 21 heavy (non-hydrogen) atoms. The summed E-state index contributed by atoms with van der Waals surface area (Å²) in [5, 5.41) is 2.68. The van der Waals surface area contributed by atoms with E-state index >= 15 is 0 Å². The predicted octanol–water partition coefficient (Wildman–Crippen LogP) is 3.16. The maximum atomic E-state index is 13.4. The molecule has 5 heteroatoms. The van der Waals surface area contributed by atoms with Crippen LogP contribution < -0.4 is 14.8 Å². The fraction of sp³-hybridized carbons (Fsp3) is 0.188. The molecule has 0 fully saturated rings. The zero-order valence-electron chi connectivity index (χ0n) is 11.9. The Balaban J connectivity index is 1.94. The highest BCUT2D eigenvalue weighted by Gasteiger charge is 2.08. The molecule has 0 aliphatic carbocycles. The molecule has 1 N–H and O–H groups in total. The summed E-state index contributed by atoms with van der Waals surface area (Å²) in [6.07, 6.45) is 0. The van der Waals surface area contributed by atoms with Crippen molar-refractivity contribution in [2.24, 2.45) is 0 Å². The van der Waals surface area contributed by atoms with Crippen LogP contribution >= 0.6 is 0 Å². The molecular weight excluding hydrogens is 273 g/mol. The number of halogens is 1. The van der Waals surface area contributed by atoms with Gasteiger partial charge in [0.2, 0.25) is 0 Å². The Hall–Kier alpha value is -2.56. The second-order valence-electron chi connectivity index (χ2n) is 4.45. The van der Waals surface area contributed by atoms with Gasteiger partial charge in [0.1, 0.15) is 17.3 Å². The maximum absolute atomic E-state index is 13.4. The summed E-state index contributed by atoms with van der Waals surface area (Å²) in [4.78, 5) is 11.8. The number of hydrogen-bond acceptors (Lipinski definition) is 3. The number of aryl methyl sites for hydroxylation is 1. The van der Waals surface area contributed by atoms with E-state index in [-0.39, 0.29) is 18.3 Å². The summed E-state index contributed by atoms with van der Waals surface area (Å²) < 4.78 is 23.7. The molecule has 4 nitrogen and oxygen atoms in total. The van der Waals surface area contributed by atoms with Gasteiger partial charge in [-0.2, -0.15) is 0 Å². The Kier molecular flexibility index (Phi) is 4.77. The molecule has 0 unspecified atom stereocenters. The number of hydrogen-bond donors (Lipinski definition) is 1. The molecule has 2 aromatic rings. The largest absolute Gasteiger partial charge is 0.495 e. The quantitative estimate of drug-likeness (QED) is 0.919. The van der Waals surface area contributed by atoms with E-state index in [9.17, 15) is 9.18 Å². The number of carbonyl (C=O) groups is 1. The number of nitrogens with one attached hydrogen (secondary N) is 1. The van der Waals surface area contributed by atoms with Crippen molar-refractivity contribution in [3.05, 3.63) is 53.8 Å². The highest BCUT2D eigenvalue weighted by molar-refractivity contribution is 5.93. The van der Waals surface area contributed by atoms with Crippen molar-refractivity contribution in [1.29, 1.82) is 0 Å². The normalized spacial score (nSPS) is 10.0. The van der Waals surface area contributed by atoms with Crippen LogP contribution in [0.1, 0.15) is 5.56 Å². The van der Waals surface area contributed by atoms with Crippen molar-refractivity contribution in [2.75, 3.05) is 19.0 Å². The number of methoxy groups -OCH3 is 1. The fourth-order valence-electron chi connectivity index (χ4n) is 1.75. The topological polar surface area (TPSA) is 47.6 Å². The number of amides is 1. The zero-order chi connectivity index (χ0) is 15.2. The second-order valence-corrected chi connectivity index (χ2v) is 4.45. The Morgan fingerprint density at radius 3 is 2.71 bits per heavy atom. The van der Waals surface area contributed by atoms with Crippen molar-refractivity contribution in [2.45, 2.75) is 6.92 Å². The highest BCUT2D eigenvalue weighted by atomic mass is 19.1. The van der Waals surface area contributed by atoms with Gasteiger partial charge >= 0.3 is 0 Å². The number of ether oxygens (including phenoxy) is 2. The predicted molar refractivity (Wildman–Crippen MR) is 78.3 cm³/mol.